The molecule has 2 N–H and O–H groups in total. The Morgan fingerprint density at radius 3 is 2.74 bits per heavy atom. The van der Waals surface area contributed by atoms with Crippen LogP contribution in [0.2, 0.25) is 0 Å². The third kappa shape index (κ3) is 3.53. The van der Waals surface area contributed by atoms with Gasteiger partial charge in [-0.25, -0.2) is 4.79 Å². The van der Waals surface area contributed by atoms with Crippen LogP contribution in [0.3, 0.4) is 0 Å². The van der Waals surface area contributed by atoms with E-state index in [2.05, 4.69) is 5.32 Å². The number of ether oxygens (including phenoxy) is 1. The number of carbonyl (C=O) groups excluding carboxylic acids is 2. The van der Waals surface area contributed by atoms with Gasteiger partial charge in [-0.05, 0) is 25.2 Å². The molecule has 2 aliphatic rings. The van der Waals surface area contributed by atoms with E-state index in [1.807, 2.05) is 0 Å². The fourth-order valence-corrected chi connectivity index (χ4v) is 2.74. The topological polar surface area (TPSA) is 92.7 Å². The van der Waals surface area contributed by atoms with Crippen molar-refractivity contribution in [1.82, 2.24) is 5.32 Å². The molecule has 1 aliphatic carbocycles. The zero-order valence-electron chi connectivity index (χ0n) is 10.8. The lowest BCUT2D eigenvalue weighted by Gasteiger charge is -2.28. The van der Waals surface area contributed by atoms with Gasteiger partial charge in [0.05, 0.1) is 12.5 Å². The highest BCUT2D eigenvalue weighted by Crippen LogP contribution is 2.25. The molecule has 2 rings (SSSR count). The van der Waals surface area contributed by atoms with Crippen molar-refractivity contribution in [2.75, 3.05) is 13.2 Å². The first-order chi connectivity index (χ1) is 9.08. The van der Waals surface area contributed by atoms with Gasteiger partial charge in [-0.3, -0.25) is 9.59 Å². The van der Waals surface area contributed by atoms with Crippen LogP contribution < -0.4 is 5.32 Å². The Balaban J connectivity index is 1.97. The number of carboxylic acids is 1. The van der Waals surface area contributed by atoms with Crippen molar-refractivity contribution in [3.05, 3.63) is 0 Å². The Morgan fingerprint density at radius 1 is 1.37 bits per heavy atom. The monoisotopic (exact) mass is 269 g/mol. The molecule has 0 aromatic carbocycles. The number of hydrogen-bond donors (Lipinski definition) is 2. The molecule has 106 valence electrons. The van der Waals surface area contributed by atoms with E-state index >= 15 is 0 Å². The number of ketones is 1. The summed E-state index contributed by atoms with van der Waals surface area (Å²) < 4.78 is 5.12. The molecule has 0 radical (unpaired) electrons. The van der Waals surface area contributed by atoms with Gasteiger partial charge in [-0.15, -0.1) is 0 Å². The number of nitrogens with one attached hydrogen (secondary N) is 1. The van der Waals surface area contributed by atoms with Crippen LogP contribution in [0.25, 0.3) is 0 Å². The van der Waals surface area contributed by atoms with Crippen LogP contribution in [-0.4, -0.2) is 42.0 Å². The molecule has 1 heterocycles. The number of carbonyl (C=O) groups is 3. The molecular weight excluding hydrogens is 250 g/mol. The molecule has 0 unspecified atom stereocenters. The van der Waals surface area contributed by atoms with Crippen molar-refractivity contribution >= 4 is 17.7 Å². The molecule has 0 aromatic rings. The maximum absolute atomic E-state index is 11.9. The van der Waals surface area contributed by atoms with Crippen LogP contribution in [-0.2, 0) is 19.1 Å². The highest BCUT2D eigenvalue weighted by molar-refractivity contribution is 5.86. The average molecular weight is 269 g/mol. The molecule has 1 aliphatic heterocycles. The normalized spacial score (nSPS) is 28.9. The number of hydrogen-bond acceptors (Lipinski definition) is 4. The maximum atomic E-state index is 11.9. The van der Waals surface area contributed by atoms with Gasteiger partial charge in [0, 0.05) is 19.4 Å². The molecule has 19 heavy (non-hydrogen) atoms. The second-order valence-electron chi connectivity index (χ2n) is 5.28. The first-order valence-corrected chi connectivity index (χ1v) is 6.70. The molecule has 3 atom stereocenters. The number of carboxylic acid groups (broad SMARTS) is 1. The quantitative estimate of drug-likeness (QED) is 0.768. The zero-order chi connectivity index (χ0) is 13.8. The summed E-state index contributed by atoms with van der Waals surface area (Å²) in [6.07, 6.45) is 2.77. The fourth-order valence-electron chi connectivity index (χ4n) is 2.74. The van der Waals surface area contributed by atoms with Gasteiger partial charge >= 0.3 is 5.97 Å². The highest BCUT2D eigenvalue weighted by atomic mass is 16.5. The number of amides is 1. The van der Waals surface area contributed by atoms with Gasteiger partial charge in [0.1, 0.15) is 11.8 Å². The van der Waals surface area contributed by atoms with Gasteiger partial charge < -0.3 is 15.2 Å². The standard InChI is InChI=1S/C13H19NO5/c15-10-3-1-2-8(6-10)11(13(17)18)14-12(16)9-4-5-19-7-9/h8-9,11H,1-7H2,(H,14,16)(H,17,18)/t8-,9+,11+/m0/s1. The molecule has 1 saturated carbocycles. The highest BCUT2D eigenvalue weighted by Gasteiger charge is 2.35. The van der Waals surface area contributed by atoms with E-state index in [1.165, 1.54) is 0 Å². The minimum absolute atomic E-state index is 0.0842. The van der Waals surface area contributed by atoms with Gasteiger partial charge in [-0.2, -0.15) is 0 Å². The Kier molecular flexibility index (Phi) is 4.52. The Morgan fingerprint density at radius 2 is 2.16 bits per heavy atom. The Hall–Kier alpha value is -1.43. The zero-order valence-corrected chi connectivity index (χ0v) is 10.8. The summed E-state index contributed by atoms with van der Waals surface area (Å²) in [6.45, 7) is 0.888. The van der Waals surface area contributed by atoms with Gasteiger partial charge in [0.25, 0.3) is 0 Å². The van der Waals surface area contributed by atoms with Crippen molar-refractivity contribution in [2.24, 2.45) is 11.8 Å². The van der Waals surface area contributed by atoms with Crippen molar-refractivity contribution < 1.29 is 24.2 Å². The number of Topliss-reactive ketones (excluding diaryl/α,β-unsaturated/α-hetero) is 1. The maximum Gasteiger partial charge on any atom is 0.326 e. The largest absolute Gasteiger partial charge is 0.480 e. The minimum atomic E-state index is -1.06. The van der Waals surface area contributed by atoms with Gasteiger partial charge in [0.2, 0.25) is 5.91 Å². The molecule has 0 bridgehead atoms. The summed E-state index contributed by atoms with van der Waals surface area (Å²) in [4.78, 5) is 34.7. The van der Waals surface area contributed by atoms with Crippen LogP contribution in [0, 0.1) is 11.8 Å². The Bertz CT molecular complexity index is 375. The molecule has 1 amide bonds. The smallest absolute Gasteiger partial charge is 0.326 e. The number of aliphatic carboxylic acids is 1. The first-order valence-electron chi connectivity index (χ1n) is 6.70. The second-order valence-corrected chi connectivity index (χ2v) is 5.28. The molecule has 2 fully saturated rings. The van der Waals surface area contributed by atoms with Crippen molar-refractivity contribution in [3.63, 3.8) is 0 Å². The van der Waals surface area contributed by atoms with E-state index < -0.39 is 12.0 Å². The minimum Gasteiger partial charge on any atom is -0.480 e. The fraction of sp³-hybridized carbons (Fsp3) is 0.769. The summed E-state index contributed by atoms with van der Waals surface area (Å²) in [7, 11) is 0. The Labute approximate surface area is 111 Å². The third-order valence-electron chi connectivity index (χ3n) is 3.86. The summed E-state index contributed by atoms with van der Waals surface area (Å²) in [5.74, 6) is -1.80. The average Bonchev–Trinajstić information content (AvgIpc) is 2.89. The first kappa shape index (κ1) is 14.0. The lowest BCUT2D eigenvalue weighted by molar-refractivity contribution is -0.145. The third-order valence-corrected chi connectivity index (χ3v) is 3.86. The molecule has 0 spiro atoms. The van der Waals surface area contributed by atoms with E-state index in [4.69, 9.17) is 4.74 Å². The molecule has 0 aromatic heterocycles. The second kappa shape index (κ2) is 6.14. The lowest BCUT2D eigenvalue weighted by atomic mass is 9.83. The van der Waals surface area contributed by atoms with Crippen LogP contribution in [0.4, 0.5) is 0 Å². The summed E-state index contributed by atoms with van der Waals surface area (Å²) in [5.41, 5.74) is 0. The summed E-state index contributed by atoms with van der Waals surface area (Å²) in [6, 6.07) is -0.961. The van der Waals surface area contributed by atoms with E-state index in [0.717, 1.165) is 0 Å². The van der Waals surface area contributed by atoms with Crippen LogP contribution in [0.1, 0.15) is 32.1 Å². The lowest BCUT2D eigenvalue weighted by Crippen LogP contribution is -2.49. The van der Waals surface area contributed by atoms with E-state index in [0.29, 0.717) is 38.9 Å². The summed E-state index contributed by atoms with van der Waals surface area (Å²) in [5, 5.41) is 11.8. The molecule has 6 heteroatoms. The van der Waals surface area contributed by atoms with Crippen molar-refractivity contribution in [2.45, 2.75) is 38.1 Å². The predicted octanol–water partition coefficient (Wildman–Crippen LogP) is 0.352. The van der Waals surface area contributed by atoms with Crippen LogP contribution in [0.15, 0.2) is 0 Å². The van der Waals surface area contributed by atoms with E-state index in [-0.39, 0.29) is 29.9 Å². The SMILES string of the molecule is O=C1CCC[C@H]([C@@H](NC(=O)[C@@H]2CCOC2)C(=O)O)C1. The molecule has 6 nitrogen and oxygen atoms in total. The predicted molar refractivity (Wildman–Crippen MR) is 65.5 cm³/mol. The van der Waals surface area contributed by atoms with Gasteiger partial charge in [-0.1, -0.05) is 0 Å². The van der Waals surface area contributed by atoms with Crippen molar-refractivity contribution in [3.8, 4) is 0 Å². The molecule has 1 saturated heterocycles. The molecular formula is C13H19NO5. The number of rotatable bonds is 4. The van der Waals surface area contributed by atoms with E-state index in [9.17, 15) is 19.5 Å². The summed E-state index contributed by atoms with van der Waals surface area (Å²) >= 11 is 0. The van der Waals surface area contributed by atoms with Crippen molar-refractivity contribution in [1.29, 1.82) is 0 Å². The van der Waals surface area contributed by atoms with Crippen LogP contribution >= 0.6 is 0 Å². The van der Waals surface area contributed by atoms with Crippen LogP contribution in [0.5, 0.6) is 0 Å². The van der Waals surface area contributed by atoms with E-state index in [1.54, 1.807) is 0 Å². The van der Waals surface area contributed by atoms with Gasteiger partial charge in [0.15, 0.2) is 0 Å².